The van der Waals surface area contributed by atoms with Crippen molar-refractivity contribution in [2.24, 2.45) is 0 Å². The largest absolute Gasteiger partial charge is 0.244 e. The molecular formula is C21H16N2. The molecule has 0 bridgehead atoms. The molecule has 4 rings (SSSR count). The van der Waals surface area contributed by atoms with Crippen molar-refractivity contribution in [1.29, 1.82) is 0 Å². The van der Waals surface area contributed by atoms with Crippen LogP contribution < -0.4 is 0 Å². The molecular weight excluding hydrogens is 280 g/mol. The molecule has 0 N–H and O–H groups in total. The summed E-state index contributed by atoms with van der Waals surface area (Å²) < 4.78 is 0. The van der Waals surface area contributed by atoms with Gasteiger partial charge in [0.25, 0.3) is 0 Å². The molecule has 0 spiro atoms. The van der Waals surface area contributed by atoms with Gasteiger partial charge in [0.05, 0.1) is 22.4 Å². The third-order valence-electron chi connectivity index (χ3n) is 4.02. The molecule has 4 aromatic rings. The van der Waals surface area contributed by atoms with Crippen LogP contribution in [0.25, 0.3) is 33.5 Å². The van der Waals surface area contributed by atoms with Crippen molar-refractivity contribution in [3.63, 3.8) is 0 Å². The highest BCUT2D eigenvalue weighted by Gasteiger charge is 2.14. The van der Waals surface area contributed by atoms with Crippen molar-refractivity contribution >= 4 is 11.0 Å². The smallest absolute Gasteiger partial charge is 0.0975 e. The summed E-state index contributed by atoms with van der Waals surface area (Å²) in [5, 5.41) is 0. The predicted octanol–water partition coefficient (Wildman–Crippen LogP) is 5.27. The van der Waals surface area contributed by atoms with E-state index < -0.39 is 0 Å². The van der Waals surface area contributed by atoms with Crippen LogP contribution in [0.4, 0.5) is 0 Å². The third kappa shape index (κ3) is 2.49. The van der Waals surface area contributed by atoms with Gasteiger partial charge in [-0.3, -0.25) is 0 Å². The lowest BCUT2D eigenvalue weighted by Crippen LogP contribution is -1.96. The van der Waals surface area contributed by atoms with Crippen molar-refractivity contribution in [2.45, 2.75) is 6.92 Å². The molecule has 23 heavy (non-hydrogen) atoms. The SMILES string of the molecule is Cc1ccccc1-c1nc2ccccc2nc1-c1ccccc1. The van der Waals surface area contributed by atoms with E-state index in [-0.39, 0.29) is 0 Å². The minimum atomic E-state index is 0.920. The fourth-order valence-electron chi connectivity index (χ4n) is 2.82. The Balaban J connectivity index is 2.07. The number of aromatic nitrogens is 2. The van der Waals surface area contributed by atoms with Crippen LogP contribution in [0.2, 0.25) is 0 Å². The van der Waals surface area contributed by atoms with E-state index in [4.69, 9.17) is 9.97 Å². The fourth-order valence-corrected chi connectivity index (χ4v) is 2.82. The van der Waals surface area contributed by atoms with Crippen molar-refractivity contribution in [3.8, 4) is 22.5 Å². The average Bonchev–Trinajstić information content (AvgIpc) is 2.62. The first-order chi connectivity index (χ1) is 11.3. The molecule has 0 aliphatic heterocycles. The zero-order chi connectivity index (χ0) is 15.6. The van der Waals surface area contributed by atoms with Gasteiger partial charge in [-0.15, -0.1) is 0 Å². The van der Waals surface area contributed by atoms with Gasteiger partial charge in [0.1, 0.15) is 0 Å². The Kier molecular flexibility index (Phi) is 3.35. The second kappa shape index (κ2) is 5.65. The number of hydrogen-bond acceptors (Lipinski definition) is 2. The Hall–Kier alpha value is -3.00. The minimum absolute atomic E-state index is 0.920. The molecule has 0 amide bonds. The van der Waals surface area contributed by atoms with Crippen LogP contribution in [0.5, 0.6) is 0 Å². The standard InChI is InChI=1S/C21H16N2/c1-15-9-5-6-12-17(15)21-20(16-10-3-2-4-11-16)22-18-13-7-8-14-19(18)23-21/h2-14H,1H3. The van der Waals surface area contributed by atoms with Gasteiger partial charge in [0.2, 0.25) is 0 Å². The second-order valence-corrected chi connectivity index (χ2v) is 5.59. The van der Waals surface area contributed by atoms with Crippen LogP contribution in [0.1, 0.15) is 5.56 Å². The Bertz CT molecular complexity index is 975. The van der Waals surface area contributed by atoms with Gasteiger partial charge in [-0.2, -0.15) is 0 Å². The first-order valence-electron chi connectivity index (χ1n) is 7.71. The molecule has 2 heteroatoms. The lowest BCUT2D eigenvalue weighted by atomic mass is 10.00. The molecule has 2 nitrogen and oxygen atoms in total. The summed E-state index contributed by atoms with van der Waals surface area (Å²) in [4.78, 5) is 9.82. The topological polar surface area (TPSA) is 25.8 Å². The third-order valence-corrected chi connectivity index (χ3v) is 4.02. The van der Waals surface area contributed by atoms with E-state index >= 15 is 0 Å². The monoisotopic (exact) mass is 296 g/mol. The molecule has 1 aromatic heterocycles. The highest BCUT2D eigenvalue weighted by molar-refractivity contribution is 5.86. The molecule has 0 saturated carbocycles. The highest BCUT2D eigenvalue weighted by atomic mass is 14.8. The van der Waals surface area contributed by atoms with E-state index in [1.165, 1.54) is 5.56 Å². The maximum Gasteiger partial charge on any atom is 0.0975 e. The van der Waals surface area contributed by atoms with E-state index in [0.717, 1.165) is 33.5 Å². The molecule has 0 saturated heterocycles. The summed E-state index contributed by atoms with van der Waals surface area (Å²) in [6.45, 7) is 2.11. The Morgan fingerprint density at radius 1 is 0.565 bits per heavy atom. The van der Waals surface area contributed by atoms with E-state index in [2.05, 4.69) is 37.3 Å². The van der Waals surface area contributed by atoms with Crippen LogP contribution in [0, 0.1) is 6.92 Å². The summed E-state index contributed by atoms with van der Waals surface area (Å²) in [5.74, 6) is 0. The predicted molar refractivity (Wildman–Crippen MR) is 95.1 cm³/mol. The molecule has 110 valence electrons. The number of benzene rings is 3. The Morgan fingerprint density at radius 3 is 1.83 bits per heavy atom. The average molecular weight is 296 g/mol. The molecule has 0 atom stereocenters. The van der Waals surface area contributed by atoms with Gasteiger partial charge in [-0.1, -0.05) is 66.7 Å². The Labute approximate surface area is 135 Å². The molecule has 0 fully saturated rings. The summed E-state index contributed by atoms with van der Waals surface area (Å²) in [5.41, 5.74) is 7.13. The molecule has 0 radical (unpaired) electrons. The van der Waals surface area contributed by atoms with Crippen molar-refractivity contribution < 1.29 is 0 Å². The highest BCUT2D eigenvalue weighted by Crippen LogP contribution is 2.32. The first-order valence-corrected chi connectivity index (χ1v) is 7.71. The number of nitrogens with zero attached hydrogens (tertiary/aromatic N) is 2. The van der Waals surface area contributed by atoms with Gasteiger partial charge in [0.15, 0.2) is 0 Å². The number of aryl methyl sites for hydroxylation is 1. The Morgan fingerprint density at radius 2 is 1.13 bits per heavy atom. The second-order valence-electron chi connectivity index (χ2n) is 5.59. The first kappa shape index (κ1) is 13.6. The number of hydrogen-bond donors (Lipinski definition) is 0. The fraction of sp³-hybridized carbons (Fsp3) is 0.0476. The van der Waals surface area contributed by atoms with E-state index in [1.807, 2.05) is 48.5 Å². The van der Waals surface area contributed by atoms with E-state index in [1.54, 1.807) is 0 Å². The van der Waals surface area contributed by atoms with Gasteiger partial charge in [-0.25, -0.2) is 9.97 Å². The molecule has 1 heterocycles. The summed E-state index contributed by atoms with van der Waals surface area (Å²) in [6, 6.07) is 26.6. The van der Waals surface area contributed by atoms with Gasteiger partial charge >= 0.3 is 0 Å². The van der Waals surface area contributed by atoms with Crippen LogP contribution in [0.3, 0.4) is 0 Å². The molecule has 0 aliphatic carbocycles. The molecule has 3 aromatic carbocycles. The van der Waals surface area contributed by atoms with Crippen molar-refractivity contribution in [3.05, 3.63) is 84.4 Å². The van der Waals surface area contributed by atoms with E-state index in [0.29, 0.717) is 0 Å². The van der Waals surface area contributed by atoms with Crippen molar-refractivity contribution in [1.82, 2.24) is 9.97 Å². The molecule has 0 aliphatic rings. The van der Waals surface area contributed by atoms with Gasteiger partial charge in [-0.05, 0) is 24.6 Å². The van der Waals surface area contributed by atoms with Gasteiger partial charge < -0.3 is 0 Å². The lowest BCUT2D eigenvalue weighted by molar-refractivity contribution is 1.28. The van der Waals surface area contributed by atoms with Crippen LogP contribution in [-0.4, -0.2) is 9.97 Å². The van der Waals surface area contributed by atoms with Crippen LogP contribution in [0.15, 0.2) is 78.9 Å². The molecule has 0 unspecified atom stereocenters. The van der Waals surface area contributed by atoms with Crippen LogP contribution >= 0.6 is 0 Å². The number of rotatable bonds is 2. The maximum atomic E-state index is 4.92. The summed E-state index contributed by atoms with van der Waals surface area (Å²) in [6.07, 6.45) is 0. The van der Waals surface area contributed by atoms with Crippen LogP contribution in [-0.2, 0) is 0 Å². The quantitative estimate of drug-likeness (QED) is 0.503. The summed E-state index contributed by atoms with van der Waals surface area (Å²) >= 11 is 0. The van der Waals surface area contributed by atoms with E-state index in [9.17, 15) is 0 Å². The van der Waals surface area contributed by atoms with Gasteiger partial charge in [0, 0.05) is 11.1 Å². The number of fused-ring (bicyclic) bond motifs is 1. The normalized spacial score (nSPS) is 10.8. The minimum Gasteiger partial charge on any atom is -0.244 e. The summed E-state index contributed by atoms with van der Waals surface area (Å²) in [7, 11) is 0. The lowest BCUT2D eigenvalue weighted by Gasteiger charge is -2.12. The zero-order valence-corrected chi connectivity index (χ0v) is 12.9. The van der Waals surface area contributed by atoms with Crippen molar-refractivity contribution in [2.75, 3.05) is 0 Å². The zero-order valence-electron chi connectivity index (χ0n) is 12.9. The maximum absolute atomic E-state index is 4.92. The number of para-hydroxylation sites is 2.